The number of anilines is 2. The van der Waals surface area contributed by atoms with E-state index in [1.165, 1.54) is 24.3 Å². The summed E-state index contributed by atoms with van der Waals surface area (Å²) in [5.41, 5.74) is 2.29. The number of fused-ring (bicyclic) bond motifs is 2. The lowest BCUT2D eigenvalue weighted by atomic mass is 10.1. The predicted molar refractivity (Wildman–Crippen MR) is 127 cm³/mol. The number of hydrogen-bond donors (Lipinski definition) is 2. The van der Waals surface area contributed by atoms with Gasteiger partial charge in [-0.05, 0) is 55.3 Å². The molecule has 4 rings (SSSR count). The molecule has 0 fully saturated rings. The van der Waals surface area contributed by atoms with Crippen LogP contribution < -0.4 is 19.7 Å². The average molecular weight is 489 g/mol. The van der Waals surface area contributed by atoms with E-state index in [0.717, 1.165) is 21.5 Å². The van der Waals surface area contributed by atoms with E-state index in [4.69, 9.17) is 4.74 Å². The van der Waals surface area contributed by atoms with Crippen LogP contribution in [0.25, 0.3) is 10.2 Å². The van der Waals surface area contributed by atoms with Crippen molar-refractivity contribution in [3.05, 3.63) is 42.0 Å². The zero-order chi connectivity index (χ0) is 23.8. The summed E-state index contributed by atoms with van der Waals surface area (Å²) in [5.74, 6) is 0.283. The van der Waals surface area contributed by atoms with Crippen LogP contribution in [0.15, 0.2) is 41.3 Å². The van der Waals surface area contributed by atoms with E-state index >= 15 is 0 Å². The van der Waals surface area contributed by atoms with Crippen molar-refractivity contribution in [2.45, 2.75) is 37.6 Å². The largest absolute Gasteiger partial charge is 0.497 e. The van der Waals surface area contributed by atoms with Crippen LogP contribution in [0.1, 0.15) is 25.8 Å². The Kier molecular flexibility index (Phi) is 6.37. The highest BCUT2D eigenvalue weighted by Gasteiger charge is 2.30. The molecule has 9 nitrogen and oxygen atoms in total. The fourth-order valence-corrected chi connectivity index (χ4v) is 5.90. The van der Waals surface area contributed by atoms with E-state index < -0.39 is 10.0 Å². The maximum Gasteiger partial charge on any atom is 0.240 e. The van der Waals surface area contributed by atoms with Crippen LogP contribution >= 0.6 is 11.3 Å². The summed E-state index contributed by atoms with van der Waals surface area (Å²) in [5, 5.41) is 3.14. The van der Waals surface area contributed by atoms with Crippen LogP contribution in [0.5, 0.6) is 5.75 Å². The highest BCUT2D eigenvalue weighted by atomic mass is 32.2. The van der Waals surface area contributed by atoms with Gasteiger partial charge in [-0.15, -0.1) is 0 Å². The normalized spacial score (nSPS) is 15.5. The second-order valence-corrected chi connectivity index (χ2v) is 10.6. The highest BCUT2D eigenvalue weighted by molar-refractivity contribution is 7.89. The lowest BCUT2D eigenvalue weighted by Gasteiger charge is -2.20. The number of methoxy groups -OCH3 is 1. The molecule has 2 N–H and O–H groups in total. The molecule has 1 aromatic heterocycles. The molecule has 0 aliphatic carbocycles. The third-order valence-electron chi connectivity index (χ3n) is 5.40. The lowest BCUT2D eigenvalue weighted by Crippen LogP contribution is -2.33. The summed E-state index contributed by atoms with van der Waals surface area (Å²) in [6.07, 6.45) is 0.549. The van der Waals surface area contributed by atoms with Crippen molar-refractivity contribution >= 4 is 54.2 Å². The molecule has 11 heteroatoms. The van der Waals surface area contributed by atoms with Crippen molar-refractivity contribution in [1.82, 2.24) is 9.71 Å². The second-order valence-electron chi connectivity index (χ2n) is 7.78. The number of thiazole rings is 1. The molecule has 2 amide bonds. The lowest BCUT2D eigenvalue weighted by molar-refractivity contribution is -0.117. The third kappa shape index (κ3) is 4.85. The molecule has 0 radical (unpaired) electrons. The molecular weight excluding hydrogens is 464 g/mol. The van der Waals surface area contributed by atoms with Gasteiger partial charge in [0.2, 0.25) is 21.8 Å². The van der Waals surface area contributed by atoms with E-state index in [1.807, 2.05) is 13.0 Å². The standard InChI is InChI=1S/C22H24N4O5S2/c1-13-10-15-11-17(5-7-19(15)26(13)14(2)27)33(29,30)23-9-8-21(28)25-22-24-18-6-4-16(31-3)12-20(18)32-22/h4-7,11-13,23H,8-10H2,1-3H3,(H,24,25,28)/t13-/m1/s1. The SMILES string of the molecule is COc1ccc2nc(NC(=O)CCNS(=O)(=O)c3ccc4c(c3)C[C@@H](C)N4C(C)=O)sc2c1. The van der Waals surface area contributed by atoms with E-state index in [9.17, 15) is 18.0 Å². The highest BCUT2D eigenvalue weighted by Crippen LogP contribution is 2.34. The molecule has 174 valence electrons. The van der Waals surface area contributed by atoms with Gasteiger partial charge in [0, 0.05) is 31.6 Å². The molecule has 1 aliphatic heterocycles. The smallest absolute Gasteiger partial charge is 0.240 e. The van der Waals surface area contributed by atoms with E-state index in [2.05, 4.69) is 15.0 Å². The summed E-state index contributed by atoms with van der Waals surface area (Å²) >= 11 is 1.31. The number of benzene rings is 2. The number of rotatable bonds is 7. The van der Waals surface area contributed by atoms with Gasteiger partial charge in [0.05, 0.1) is 22.2 Å². The minimum absolute atomic E-state index is 0.0179. The number of carbonyl (C=O) groups excluding carboxylic acids is 2. The Morgan fingerprint density at radius 1 is 1.24 bits per heavy atom. The van der Waals surface area contributed by atoms with Crippen molar-refractivity contribution in [3.8, 4) is 5.75 Å². The zero-order valence-electron chi connectivity index (χ0n) is 18.4. The summed E-state index contributed by atoms with van der Waals surface area (Å²) in [4.78, 5) is 30.3. The van der Waals surface area contributed by atoms with E-state index in [-0.39, 0.29) is 35.7 Å². The maximum atomic E-state index is 12.7. The molecular formula is C22H24N4O5S2. The fourth-order valence-electron chi connectivity index (χ4n) is 3.90. The van der Waals surface area contributed by atoms with E-state index in [0.29, 0.717) is 17.3 Å². The van der Waals surface area contributed by atoms with Crippen molar-refractivity contribution in [1.29, 1.82) is 0 Å². The number of amides is 2. The summed E-state index contributed by atoms with van der Waals surface area (Å²) in [6, 6.07) is 10.1. The van der Waals surface area contributed by atoms with Crippen molar-refractivity contribution in [2.75, 3.05) is 23.9 Å². The van der Waals surface area contributed by atoms with Gasteiger partial charge in [-0.1, -0.05) is 11.3 Å². The molecule has 0 unspecified atom stereocenters. The Balaban J connectivity index is 1.36. The molecule has 0 saturated heterocycles. The number of hydrogen-bond acceptors (Lipinski definition) is 7. The monoisotopic (exact) mass is 488 g/mol. The number of nitrogens with one attached hydrogen (secondary N) is 2. The van der Waals surface area contributed by atoms with Gasteiger partial charge < -0.3 is 15.0 Å². The minimum Gasteiger partial charge on any atom is -0.497 e. The van der Waals surface area contributed by atoms with Gasteiger partial charge >= 0.3 is 0 Å². The van der Waals surface area contributed by atoms with Gasteiger partial charge in [-0.25, -0.2) is 18.1 Å². The van der Waals surface area contributed by atoms with Crippen LogP contribution in [-0.2, 0) is 26.0 Å². The van der Waals surface area contributed by atoms with Crippen LogP contribution in [0.3, 0.4) is 0 Å². The number of sulfonamides is 1. The zero-order valence-corrected chi connectivity index (χ0v) is 20.0. The number of nitrogens with zero attached hydrogens (tertiary/aromatic N) is 2. The minimum atomic E-state index is -3.79. The van der Waals surface area contributed by atoms with Crippen molar-refractivity contribution in [2.24, 2.45) is 0 Å². The molecule has 1 atom stereocenters. The molecule has 2 aromatic carbocycles. The number of ether oxygens (including phenoxy) is 1. The van der Waals surface area contributed by atoms with E-state index in [1.54, 1.807) is 36.3 Å². The summed E-state index contributed by atoms with van der Waals surface area (Å²) in [6.45, 7) is 3.36. The predicted octanol–water partition coefficient (Wildman–Crippen LogP) is 2.91. The van der Waals surface area contributed by atoms with Gasteiger partial charge in [0.25, 0.3) is 0 Å². The Morgan fingerprint density at radius 2 is 2.03 bits per heavy atom. The summed E-state index contributed by atoms with van der Waals surface area (Å²) < 4.78 is 33.9. The van der Waals surface area contributed by atoms with Gasteiger partial charge in [-0.3, -0.25) is 9.59 Å². The quantitative estimate of drug-likeness (QED) is 0.528. The Morgan fingerprint density at radius 3 is 2.76 bits per heavy atom. The van der Waals surface area contributed by atoms with Crippen molar-refractivity contribution < 1.29 is 22.7 Å². The number of aromatic nitrogens is 1. The Hall–Kier alpha value is -3.02. The Bertz CT molecular complexity index is 1340. The van der Waals surface area contributed by atoms with Gasteiger partial charge in [-0.2, -0.15) is 0 Å². The Labute approximate surface area is 195 Å². The number of carbonyl (C=O) groups is 2. The summed E-state index contributed by atoms with van der Waals surface area (Å²) in [7, 11) is -2.21. The molecule has 0 spiro atoms. The topological polar surface area (TPSA) is 118 Å². The maximum absolute atomic E-state index is 12.7. The van der Waals surface area contributed by atoms with Crippen LogP contribution in [0.2, 0.25) is 0 Å². The van der Waals surface area contributed by atoms with Crippen LogP contribution in [0, 0.1) is 0 Å². The molecule has 3 aromatic rings. The van der Waals surface area contributed by atoms with Gasteiger partial charge in [0.15, 0.2) is 5.13 Å². The molecule has 0 saturated carbocycles. The van der Waals surface area contributed by atoms with Crippen molar-refractivity contribution in [3.63, 3.8) is 0 Å². The first-order chi connectivity index (χ1) is 15.7. The van der Waals surface area contributed by atoms with Gasteiger partial charge in [0.1, 0.15) is 5.75 Å². The fraction of sp³-hybridized carbons (Fsp3) is 0.318. The first-order valence-electron chi connectivity index (χ1n) is 10.3. The first-order valence-corrected chi connectivity index (χ1v) is 12.6. The van der Waals surface area contributed by atoms with Crippen LogP contribution in [-0.4, -0.2) is 44.9 Å². The second kappa shape index (κ2) is 9.08. The third-order valence-corrected chi connectivity index (χ3v) is 7.79. The first kappa shape index (κ1) is 23.1. The molecule has 1 aliphatic rings. The average Bonchev–Trinajstić information content (AvgIpc) is 3.31. The molecule has 33 heavy (non-hydrogen) atoms. The van der Waals surface area contributed by atoms with Crippen LogP contribution in [0.4, 0.5) is 10.8 Å². The molecule has 0 bridgehead atoms. The molecule has 2 heterocycles.